The molecule has 0 radical (unpaired) electrons. The molecule has 1 N–H and O–H groups in total. The normalized spacial score (nSPS) is 12.7. The topological polar surface area (TPSA) is 42.8 Å². The summed E-state index contributed by atoms with van der Waals surface area (Å²) in [6.07, 6.45) is -0.725. The lowest BCUT2D eigenvalue weighted by Crippen LogP contribution is -2.58. The van der Waals surface area contributed by atoms with Crippen LogP contribution in [0, 0.1) is 15.9 Å². The van der Waals surface area contributed by atoms with Crippen LogP contribution >= 0.6 is 22.6 Å². The lowest BCUT2D eigenvalue weighted by atomic mass is 10.2. The molecule has 27 heavy (non-hydrogen) atoms. The predicted molar refractivity (Wildman–Crippen MR) is 91.3 cm³/mol. The lowest BCUT2D eigenvalue weighted by molar-refractivity contribution is -0.361. The summed E-state index contributed by atoms with van der Waals surface area (Å²) in [5.74, 6) is -3.65. The number of hydrogen-bond acceptors (Lipinski definition) is 4. The van der Waals surface area contributed by atoms with Crippen molar-refractivity contribution in [2.45, 2.75) is 25.1 Å². The van der Waals surface area contributed by atoms with Gasteiger partial charge in [-0.1, -0.05) is 5.92 Å². The second kappa shape index (κ2) is 8.85. The number of terminal acetylenes is 1. The van der Waals surface area contributed by atoms with Crippen molar-refractivity contribution >= 4 is 28.8 Å². The van der Waals surface area contributed by atoms with E-state index in [9.17, 15) is 30.7 Å². The number of hydrogen-bond donors (Lipinski definition) is 1. The van der Waals surface area contributed by atoms with Crippen LogP contribution in [-0.2, 0) is 0 Å². The standard InChI is InChI=1S/C15H12F7IN2O2/c1-3-5-27-12-10(23)6-9(7-11(12)26-4-2)8-24-25-15(21,22)13(16,17)14(18,19)20/h1,6-8,25H,4-5H2,2H3/b24-8+. The van der Waals surface area contributed by atoms with Crippen molar-refractivity contribution in [3.05, 3.63) is 21.3 Å². The lowest BCUT2D eigenvalue weighted by Gasteiger charge is -2.27. The Balaban J connectivity index is 3.06. The zero-order chi connectivity index (χ0) is 20.9. The van der Waals surface area contributed by atoms with Crippen LogP contribution in [0.25, 0.3) is 0 Å². The average Bonchev–Trinajstić information content (AvgIpc) is 2.53. The molecule has 0 aliphatic heterocycles. The Kier molecular flexibility index (Phi) is 7.58. The first kappa shape index (κ1) is 23.1. The highest BCUT2D eigenvalue weighted by atomic mass is 127. The molecule has 1 rings (SSSR count). The molecule has 0 bridgehead atoms. The highest BCUT2D eigenvalue weighted by Gasteiger charge is 2.73. The molecule has 4 nitrogen and oxygen atoms in total. The van der Waals surface area contributed by atoms with Crippen LogP contribution in [0.15, 0.2) is 17.2 Å². The van der Waals surface area contributed by atoms with Gasteiger partial charge in [0.2, 0.25) is 0 Å². The smallest absolute Gasteiger partial charge is 0.462 e. The summed E-state index contributed by atoms with van der Waals surface area (Å²) in [4.78, 5) is 0. The summed E-state index contributed by atoms with van der Waals surface area (Å²) >= 11 is 1.81. The molecule has 12 heteroatoms. The van der Waals surface area contributed by atoms with E-state index in [1.54, 1.807) is 6.92 Å². The molecule has 0 saturated heterocycles. The van der Waals surface area contributed by atoms with Gasteiger partial charge in [-0.3, -0.25) is 0 Å². The summed E-state index contributed by atoms with van der Waals surface area (Å²) in [7, 11) is 0. The van der Waals surface area contributed by atoms with Crippen molar-refractivity contribution in [2.75, 3.05) is 13.2 Å². The minimum atomic E-state index is -6.45. The van der Waals surface area contributed by atoms with Crippen LogP contribution in [0.5, 0.6) is 11.5 Å². The van der Waals surface area contributed by atoms with Gasteiger partial charge in [0.15, 0.2) is 11.5 Å². The summed E-state index contributed by atoms with van der Waals surface area (Å²) in [5, 5.41) is 2.79. The third kappa shape index (κ3) is 5.53. The average molecular weight is 512 g/mol. The fourth-order valence-corrected chi connectivity index (χ4v) is 2.40. The van der Waals surface area contributed by atoms with Crippen molar-refractivity contribution in [2.24, 2.45) is 5.10 Å². The fourth-order valence-electron chi connectivity index (χ4n) is 1.62. The van der Waals surface area contributed by atoms with Gasteiger partial charge >= 0.3 is 18.1 Å². The van der Waals surface area contributed by atoms with Gasteiger partial charge in [0, 0.05) is 0 Å². The van der Waals surface area contributed by atoms with E-state index in [1.807, 2.05) is 22.6 Å². The monoisotopic (exact) mass is 512 g/mol. The molecule has 0 fully saturated rings. The molecule has 0 saturated carbocycles. The molecule has 1 aromatic carbocycles. The van der Waals surface area contributed by atoms with Crippen LogP contribution in [0.1, 0.15) is 12.5 Å². The highest BCUT2D eigenvalue weighted by molar-refractivity contribution is 14.1. The summed E-state index contributed by atoms with van der Waals surface area (Å²) in [6, 6.07) is -3.03. The Bertz CT molecular complexity index is 730. The van der Waals surface area contributed by atoms with Gasteiger partial charge in [-0.2, -0.15) is 35.8 Å². The third-order valence-electron chi connectivity index (χ3n) is 2.80. The van der Waals surface area contributed by atoms with Crippen LogP contribution in [0.3, 0.4) is 0 Å². The van der Waals surface area contributed by atoms with E-state index >= 15 is 0 Å². The molecular weight excluding hydrogens is 500 g/mol. The van der Waals surface area contributed by atoms with Crippen molar-refractivity contribution in [3.63, 3.8) is 0 Å². The van der Waals surface area contributed by atoms with Crippen LogP contribution in [0.4, 0.5) is 30.7 Å². The first-order valence-electron chi connectivity index (χ1n) is 7.02. The maximum Gasteiger partial charge on any atom is 0.462 e. The number of hydrazone groups is 1. The zero-order valence-electron chi connectivity index (χ0n) is 13.5. The summed E-state index contributed by atoms with van der Waals surface area (Å²) in [5.41, 5.74) is 0.617. The number of nitrogens with zero attached hydrogens (tertiary/aromatic N) is 1. The maximum atomic E-state index is 13.1. The van der Waals surface area contributed by atoms with E-state index in [-0.39, 0.29) is 30.3 Å². The highest BCUT2D eigenvalue weighted by Crippen LogP contribution is 2.45. The van der Waals surface area contributed by atoms with Crippen molar-refractivity contribution in [1.82, 2.24) is 5.43 Å². The second-order valence-corrected chi connectivity index (χ2v) is 5.93. The van der Waals surface area contributed by atoms with E-state index in [4.69, 9.17) is 15.9 Å². The number of halogens is 8. The van der Waals surface area contributed by atoms with E-state index in [0.29, 0.717) is 15.2 Å². The number of alkyl halides is 7. The molecular formula is C15H12F7IN2O2. The van der Waals surface area contributed by atoms with Gasteiger partial charge in [0.25, 0.3) is 0 Å². The summed E-state index contributed by atoms with van der Waals surface area (Å²) < 4.78 is 98.9. The molecule has 0 aliphatic carbocycles. The van der Waals surface area contributed by atoms with E-state index in [0.717, 1.165) is 0 Å². The van der Waals surface area contributed by atoms with Gasteiger partial charge in [0.1, 0.15) is 6.61 Å². The molecule has 0 aromatic heterocycles. The fraction of sp³-hybridized carbons (Fsp3) is 0.400. The van der Waals surface area contributed by atoms with Crippen LogP contribution < -0.4 is 14.9 Å². The van der Waals surface area contributed by atoms with Gasteiger partial charge in [-0.25, -0.2) is 5.43 Å². The van der Waals surface area contributed by atoms with Gasteiger partial charge in [-0.15, -0.1) is 6.42 Å². The molecule has 0 unspecified atom stereocenters. The van der Waals surface area contributed by atoms with Crippen LogP contribution in [-0.4, -0.2) is 37.6 Å². The van der Waals surface area contributed by atoms with Crippen LogP contribution in [0.2, 0.25) is 0 Å². The zero-order valence-corrected chi connectivity index (χ0v) is 15.7. The van der Waals surface area contributed by atoms with E-state index in [2.05, 4.69) is 11.0 Å². The van der Waals surface area contributed by atoms with E-state index < -0.39 is 18.1 Å². The quantitative estimate of drug-likeness (QED) is 0.140. The van der Waals surface area contributed by atoms with Gasteiger partial charge in [-0.05, 0) is 47.2 Å². The molecule has 0 amide bonds. The number of benzene rings is 1. The molecule has 1 aromatic rings. The molecule has 0 heterocycles. The van der Waals surface area contributed by atoms with E-state index in [1.165, 1.54) is 12.1 Å². The van der Waals surface area contributed by atoms with Crippen molar-refractivity contribution in [1.29, 1.82) is 0 Å². The SMILES string of the molecule is C#CCOc1c(I)cc(/C=N/NC(F)(F)C(F)(F)C(F)(F)F)cc1OCC. The van der Waals surface area contributed by atoms with Crippen molar-refractivity contribution in [3.8, 4) is 23.8 Å². The first-order chi connectivity index (χ1) is 12.4. The summed E-state index contributed by atoms with van der Waals surface area (Å²) in [6.45, 7) is 1.78. The number of ether oxygens (including phenoxy) is 2. The Labute approximate surface area is 163 Å². The maximum absolute atomic E-state index is 13.1. The van der Waals surface area contributed by atoms with Gasteiger partial charge in [0.05, 0.1) is 16.4 Å². The molecule has 0 atom stereocenters. The molecule has 150 valence electrons. The minimum absolute atomic E-state index is 0.0783. The number of rotatable bonds is 8. The third-order valence-corrected chi connectivity index (χ3v) is 3.60. The Morgan fingerprint density at radius 1 is 1.19 bits per heavy atom. The molecule has 0 aliphatic rings. The first-order valence-corrected chi connectivity index (χ1v) is 8.10. The predicted octanol–water partition coefficient (Wildman–Crippen LogP) is 4.42. The largest absolute Gasteiger partial charge is 0.490 e. The molecule has 0 spiro atoms. The second-order valence-electron chi connectivity index (χ2n) is 4.77. The number of nitrogens with one attached hydrogen (secondary N) is 1. The van der Waals surface area contributed by atoms with Crippen molar-refractivity contribution < 1.29 is 40.2 Å². The Hall–Kier alpha value is -1.91. The Morgan fingerprint density at radius 3 is 2.33 bits per heavy atom. The minimum Gasteiger partial charge on any atom is -0.490 e. The Morgan fingerprint density at radius 2 is 1.81 bits per heavy atom. The van der Waals surface area contributed by atoms with Gasteiger partial charge < -0.3 is 9.47 Å².